The molecule has 0 bridgehead atoms. The van der Waals surface area contributed by atoms with Gasteiger partial charge in [0.25, 0.3) is 0 Å². The summed E-state index contributed by atoms with van der Waals surface area (Å²) in [6.45, 7) is 5.92. The van der Waals surface area contributed by atoms with Gasteiger partial charge in [-0.25, -0.2) is 8.78 Å². The summed E-state index contributed by atoms with van der Waals surface area (Å²) in [6, 6.07) is 8.80. The second-order valence-electron chi connectivity index (χ2n) is 5.38. The standard InChI is InChI=1S/C18H21F2N/c1-5-16(21-4)14-9-13(10-15(19)18(14)20)17-11(2)7-6-8-12(17)3/h6-10,16,21H,5H2,1-4H3. The van der Waals surface area contributed by atoms with Crippen LogP contribution in [-0.2, 0) is 0 Å². The molecule has 2 rings (SSSR count). The van der Waals surface area contributed by atoms with Crippen LogP contribution in [0.1, 0.15) is 36.1 Å². The minimum absolute atomic E-state index is 0.191. The highest BCUT2D eigenvalue weighted by atomic mass is 19.2. The largest absolute Gasteiger partial charge is 0.313 e. The van der Waals surface area contributed by atoms with E-state index in [2.05, 4.69) is 5.32 Å². The maximum Gasteiger partial charge on any atom is 0.163 e. The maximum atomic E-state index is 14.1. The fourth-order valence-corrected chi connectivity index (χ4v) is 2.86. The molecule has 0 aliphatic rings. The number of aryl methyl sites for hydroxylation is 2. The lowest BCUT2D eigenvalue weighted by molar-refractivity contribution is 0.470. The summed E-state index contributed by atoms with van der Waals surface area (Å²) in [6.07, 6.45) is 0.697. The van der Waals surface area contributed by atoms with E-state index in [0.29, 0.717) is 12.0 Å². The summed E-state index contributed by atoms with van der Waals surface area (Å²) in [5, 5.41) is 3.04. The van der Waals surface area contributed by atoms with Gasteiger partial charge in [-0.2, -0.15) is 0 Å². The predicted octanol–water partition coefficient (Wildman–Crippen LogP) is 4.92. The minimum atomic E-state index is -0.793. The van der Waals surface area contributed by atoms with Crippen molar-refractivity contribution < 1.29 is 8.78 Å². The molecule has 0 amide bonds. The molecule has 2 aromatic rings. The summed E-state index contributed by atoms with van der Waals surface area (Å²) < 4.78 is 28.1. The van der Waals surface area contributed by atoms with E-state index >= 15 is 0 Å². The lowest BCUT2D eigenvalue weighted by Crippen LogP contribution is -2.17. The van der Waals surface area contributed by atoms with Crippen molar-refractivity contribution in [3.63, 3.8) is 0 Å². The van der Waals surface area contributed by atoms with Crippen LogP contribution >= 0.6 is 0 Å². The average Bonchev–Trinajstić information content (AvgIpc) is 2.44. The molecule has 0 radical (unpaired) electrons. The molecule has 1 atom stereocenters. The molecule has 0 spiro atoms. The van der Waals surface area contributed by atoms with Gasteiger partial charge < -0.3 is 5.32 Å². The van der Waals surface area contributed by atoms with Crippen LogP contribution in [0.4, 0.5) is 8.78 Å². The second-order valence-corrected chi connectivity index (χ2v) is 5.38. The van der Waals surface area contributed by atoms with Crippen LogP contribution in [0.5, 0.6) is 0 Å². The van der Waals surface area contributed by atoms with Gasteiger partial charge in [0.15, 0.2) is 11.6 Å². The van der Waals surface area contributed by atoms with Crippen molar-refractivity contribution in [2.75, 3.05) is 7.05 Å². The maximum absolute atomic E-state index is 14.1. The van der Waals surface area contributed by atoms with Crippen molar-refractivity contribution in [1.82, 2.24) is 5.32 Å². The summed E-state index contributed by atoms with van der Waals surface area (Å²) in [7, 11) is 1.76. The Balaban J connectivity index is 2.66. The molecule has 3 heteroatoms. The average molecular weight is 289 g/mol. The highest BCUT2D eigenvalue weighted by Gasteiger charge is 2.18. The van der Waals surface area contributed by atoms with E-state index in [-0.39, 0.29) is 6.04 Å². The highest BCUT2D eigenvalue weighted by molar-refractivity contribution is 5.71. The molecular formula is C18H21F2N. The first-order valence-corrected chi connectivity index (χ1v) is 7.22. The van der Waals surface area contributed by atoms with Gasteiger partial charge in [0, 0.05) is 11.6 Å². The molecule has 0 saturated carbocycles. The van der Waals surface area contributed by atoms with Crippen LogP contribution in [0.25, 0.3) is 11.1 Å². The molecule has 0 heterocycles. The number of nitrogens with one attached hydrogen (secondary N) is 1. The van der Waals surface area contributed by atoms with Crippen LogP contribution in [0, 0.1) is 25.5 Å². The molecule has 0 aliphatic heterocycles. The third-order valence-electron chi connectivity index (χ3n) is 3.96. The Kier molecular flexibility index (Phi) is 4.73. The van der Waals surface area contributed by atoms with Crippen molar-refractivity contribution in [3.05, 3.63) is 58.7 Å². The summed E-state index contributed by atoms with van der Waals surface area (Å²) in [5.41, 5.74) is 4.21. The molecule has 0 saturated heterocycles. The number of halogens is 2. The van der Waals surface area contributed by atoms with Crippen molar-refractivity contribution >= 4 is 0 Å². The molecule has 0 aromatic heterocycles. The van der Waals surface area contributed by atoms with Gasteiger partial charge in [0.05, 0.1) is 0 Å². The smallest absolute Gasteiger partial charge is 0.163 e. The number of hydrogen-bond donors (Lipinski definition) is 1. The number of benzene rings is 2. The van der Waals surface area contributed by atoms with Gasteiger partial charge in [0.1, 0.15) is 0 Å². The van der Waals surface area contributed by atoms with Crippen LogP contribution < -0.4 is 5.32 Å². The molecule has 0 aliphatic carbocycles. The Hall–Kier alpha value is -1.74. The lowest BCUT2D eigenvalue weighted by Gasteiger charge is -2.18. The van der Waals surface area contributed by atoms with E-state index < -0.39 is 11.6 Å². The molecule has 0 fully saturated rings. The van der Waals surface area contributed by atoms with Crippen molar-refractivity contribution in [2.45, 2.75) is 33.2 Å². The van der Waals surface area contributed by atoms with E-state index in [1.807, 2.05) is 39.0 Å². The normalized spacial score (nSPS) is 12.5. The molecule has 1 unspecified atom stereocenters. The zero-order valence-corrected chi connectivity index (χ0v) is 12.9. The van der Waals surface area contributed by atoms with Gasteiger partial charge in [-0.3, -0.25) is 0 Å². The highest BCUT2D eigenvalue weighted by Crippen LogP contribution is 2.32. The third kappa shape index (κ3) is 2.98. The fraction of sp³-hybridized carbons (Fsp3) is 0.333. The molecule has 2 aromatic carbocycles. The van der Waals surface area contributed by atoms with E-state index in [1.54, 1.807) is 13.1 Å². The second kappa shape index (κ2) is 6.35. The summed E-state index contributed by atoms with van der Waals surface area (Å²) >= 11 is 0. The molecular weight excluding hydrogens is 268 g/mol. The first-order chi connectivity index (χ1) is 9.99. The monoisotopic (exact) mass is 289 g/mol. The van der Waals surface area contributed by atoms with Crippen LogP contribution in [0.15, 0.2) is 30.3 Å². The zero-order chi connectivity index (χ0) is 15.6. The number of rotatable bonds is 4. The van der Waals surface area contributed by atoms with Crippen molar-refractivity contribution in [3.8, 4) is 11.1 Å². The molecule has 1 nitrogen and oxygen atoms in total. The van der Waals surface area contributed by atoms with E-state index in [1.165, 1.54) is 6.07 Å². The van der Waals surface area contributed by atoms with E-state index in [9.17, 15) is 8.78 Å². The molecule has 1 N–H and O–H groups in total. The van der Waals surface area contributed by atoms with Crippen molar-refractivity contribution in [2.24, 2.45) is 0 Å². The minimum Gasteiger partial charge on any atom is -0.313 e. The third-order valence-corrected chi connectivity index (χ3v) is 3.96. The van der Waals surface area contributed by atoms with Gasteiger partial charge >= 0.3 is 0 Å². The van der Waals surface area contributed by atoms with Crippen LogP contribution in [-0.4, -0.2) is 7.05 Å². The van der Waals surface area contributed by atoms with Gasteiger partial charge in [-0.15, -0.1) is 0 Å². The Morgan fingerprint density at radius 3 is 2.24 bits per heavy atom. The van der Waals surface area contributed by atoms with Crippen molar-refractivity contribution in [1.29, 1.82) is 0 Å². The Morgan fingerprint density at radius 1 is 1.10 bits per heavy atom. The van der Waals surface area contributed by atoms with Crippen LogP contribution in [0.2, 0.25) is 0 Å². The van der Waals surface area contributed by atoms with E-state index in [0.717, 1.165) is 22.3 Å². The number of hydrogen-bond acceptors (Lipinski definition) is 1. The SMILES string of the molecule is CCC(NC)c1cc(-c2c(C)cccc2C)cc(F)c1F. The van der Waals surface area contributed by atoms with Gasteiger partial charge in [0.2, 0.25) is 0 Å². The fourth-order valence-electron chi connectivity index (χ4n) is 2.86. The Morgan fingerprint density at radius 2 is 1.71 bits per heavy atom. The summed E-state index contributed by atoms with van der Waals surface area (Å²) in [5.74, 6) is -1.55. The Labute approximate surface area is 125 Å². The summed E-state index contributed by atoms with van der Waals surface area (Å²) in [4.78, 5) is 0. The predicted molar refractivity (Wildman–Crippen MR) is 83.4 cm³/mol. The quantitative estimate of drug-likeness (QED) is 0.842. The Bertz CT molecular complexity index is 626. The van der Waals surface area contributed by atoms with Crippen LogP contribution in [0.3, 0.4) is 0 Å². The molecule has 21 heavy (non-hydrogen) atoms. The zero-order valence-electron chi connectivity index (χ0n) is 12.9. The van der Waals surface area contributed by atoms with Gasteiger partial charge in [-0.05, 0) is 61.7 Å². The molecule has 112 valence electrons. The van der Waals surface area contributed by atoms with E-state index in [4.69, 9.17) is 0 Å². The topological polar surface area (TPSA) is 12.0 Å². The first kappa shape index (κ1) is 15.6. The lowest BCUT2D eigenvalue weighted by atomic mass is 9.92. The first-order valence-electron chi connectivity index (χ1n) is 7.22. The van der Waals surface area contributed by atoms with Gasteiger partial charge in [-0.1, -0.05) is 25.1 Å².